The van der Waals surface area contributed by atoms with Crippen molar-refractivity contribution in [1.82, 2.24) is 10.6 Å². The summed E-state index contributed by atoms with van der Waals surface area (Å²) in [5.74, 6) is -1.28. The predicted octanol–water partition coefficient (Wildman–Crippen LogP) is 2.55. The van der Waals surface area contributed by atoms with Gasteiger partial charge in [0, 0.05) is 18.2 Å². The van der Waals surface area contributed by atoms with Gasteiger partial charge in [-0.2, -0.15) is 0 Å². The number of rotatable bonds is 13. The van der Waals surface area contributed by atoms with Gasteiger partial charge in [-0.15, -0.1) is 0 Å². The lowest BCUT2D eigenvalue weighted by atomic mass is 10.0. The smallest absolute Gasteiger partial charge is 0.243 e. The molecule has 7 N–H and O–H groups in total. The normalized spacial score (nSPS) is 11.3. The van der Waals surface area contributed by atoms with Gasteiger partial charge in [-0.25, -0.2) is 0 Å². The molecule has 0 atom stereocenters. The summed E-state index contributed by atoms with van der Waals surface area (Å²) in [5.41, 5.74) is 6.66. The molecular weight excluding hydrogens is 422 g/mol. The van der Waals surface area contributed by atoms with E-state index in [0.29, 0.717) is 24.2 Å². The van der Waals surface area contributed by atoms with E-state index in [1.807, 2.05) is 0 Å². The fourth-order valence-corrected chi connectivity index (χ4v) is 2.97. The topological polar surface area (TPSA) is 145 Å². The van der Waals surface area contributed by atoms with Crippen LogP contribution in [0.15, 0.2) is 48.6 Å². The van der Waals surface area contributed by atoms with E-state index in [2.05, 4.69) is 10.6 Å². The Balaban J connectivity index is 1.93. The molecule has 0 fully saturated rings. The summed E-state index contributed by atoms with van der Waals surface area (Å²) < 4.78 is 0. The number of benzene rings is 2. The maximum atomic E-state index is 12.7. The van der Waals surface area contributed by atoms with Crippen molar-refractivity contribution in [2.24, 2.45) is 5.73 Å². The van der Waals surface area contributed by atoms with Gasteiger partial charge in [-0.3, -0.25) is 9.59 Å². The summed E-state index contributed by atoms with van der Waals surface area (Å²) in [6.45, 7) is 2.99. The number of phenolic OH excluding ortho intramolecular Hbond substituents is 3. The summed E-state index contributed by atoms with van der Waals surface area (Å²) in [4.78, 5) is 24.8. The first kappa shape index (κ1) is 25.6. The van der Waals surface area contributed by atoms with Gasteiger partial charge in [0.15, 0.2) is 17.3 Å². The lowest BCUT2D eigenvalue weighted by molar-refractivity contribution is -0.116. The van der Waals surface area contributed by atoms with Crippen molar-refractivity contribution in [3.05, 3.63) is 65.2 Å². The molecule has 0 saturated carbocycles. The maximum Gasteiger partial charge on any atom is 0.243 e. The summed E-state index contributed by atoms with van der Waals surface area (Å²) in [7, 11) is 0. The van der Waals surface area contributed by atoms with Gasteiger partial charge in [0.1, 0.15) is 5.75 Å². The minimum Gasteiger partial charge on any atom is -0.508 e. The van der Waals surface area contributed by atoms with Gasteiger partial charge >= 0.3 is 0 Å². The Bertz CT molecular complexity index is 1000. The second-order valence-corrected chi connectivity index (χ2v) is 7.44. The second kappa shape index (κ2) is 13.7. The van der Waals surface area contributed by atoms with Crippen LogP contribution in [0.5, 0.6) is 17.2 Å². The number of nitrogens with two attached hydrogens (primary N) is 1. The van der Waals surface area contributed by atoms with Crippen LogP contribution in [-0.2, 0) is 4.79 Å². The van der Waals surface area contributed by atoms with Gasteiger partial charge in [-0.05, 0) is 86.4 Å². The Labute approximate surface area is 193 Å². The monoisotopic (exact) mass is 453 g/mol. The van der Waals surface area contributed by atoms with E-state index in [1.54, 1.807) is 12.1 Å². The molecule has 0 aliphatic heterocycles. The summed E-state index contributed by atoms with van der Waals surface area (Å²) in [6, 6.07) is 8.51. The number of phenols is 3. The van der Waals surface area contributed by atoms with Gasteiger partial charge in [0.05, 0.1) is 0 Å². The van der Waals surface area contributed by atoms with E-state index < -0.39 is 0 Å². The van der Waals surface area contributed by atoms with Crippen molar-refractivity contribution in [3.8, 4) is 17.2 Å². The van der Waals surface area contributed by atoms with E-state index >= 15 is 0 Å². The molecule has 2 rings (SSSR count). The molecule has 0 heterocycles. The quantitative estimate of drug-likeness (QED) is 0.118. The highest BCUT2D eigenvalue weighted by atomic mass is 16.3. The van der Waals surface area contributed by atoms with Crippen LogP contribution in [0.25, 0.3) is 12.2 Å². The van der Waals surface area contributed by atoms with E-state index in [-0.39, 0.29) is 34.5 Å². The highest BCUT2D eigenvalue weighted by Crippen LogP contribution is 2.26. The Morgan fingerprint density at radius 2 is 1.61 bits per heavy atom. The number of aromatic hydroxyl groups is 3. The largest absolute Gasteiger partial charge is 0.508 e. The second-order valence-electron chi connectivity index (χ2n) is 7.44. The first-order valence-electron chi connectivity index (χ1n) is 10.8. The zero-order valence-electron chi connectivity index (χ0n) is 18.5. The number of hydrogen-bond donors (Lipinski definition) is 6. The zero-order valence-corrected chi connectivity index (χ0v) is 18.5. The number of amides is 1. The van der Waals surface area contributed by atoms with Crippen LogP contribution < -0.4 is 16.4 Å². The Hall–Kier alpha value is -3.62. The Kier molecular flexibility index (Phi) is 10.7. The molecule has 0 aromatic heterocycles. The SMILES string of the molecule is NCCCNCCCCNC(=O)/C=C/c1ccc(O)cc1C(=O)/C=C/c1ccc(O)c(O)c1. The third-order valence-corrected chi connectivity index (χ3v) is 4.78. The van der Waals surface area contributed by atoms with E-state index in [0.717, 1.165) is 32.4 Å². The van der Waals surface area contributed by atoms with Crippen molar-refractivity contribution >= 4 is 23.8 Å². The number of ketones is 1. The van der Waals surface area contributed by atoms with E-state index in [9.17, 15) is 24.9 Å². The fourth-order valence-electron chi connectivity index (χ4n) is 2.97. The molecule has 33 heavy (non-hydrogen) atoms. The third-order valence-electron chi connectivity index (χ3n) is 4.78. The van der Waals surface area contributed by atoms with Crippen LogP contribution >= 0.6 is 0 Å². The Morgan fingerprint density at radius 3 is 2.36 bits per heavy atom. The molecule has 0 unspecified atom stereocenters. The molecule has 0 bridgehead atoms. The van der Waals surface area contributed by atoms with Crippen molar-refractivity contribution in [1.29, 1.82) is 0 Å². The van der Waals surface area contributed by atoms with Crippen LogP contribution in [0.2, 0.25) is 0 Å². The molecule has 2 aromatic carbocycles. The number of unbranched alkanes of at least 4 members (excludes halogenated alkanes) is 1. The molecule has 0 spiro atoms. The molecule has 8 heteroatoms. The molecule has 0 saturated heterocycles. The average molecular weight is 454 g/mol. The lowest BCUT2D eigenvalue weighted by Crippen LogP contribution is -2.24. The molecule has 8 nitrogen and oxygen atoms in total. The van der Waals surface area contributed by atoms with Gasteiger partial charge < -0.3 is 31.7 Å². The van der Waals surface area contributed by atoms with Crippen molar-refractivity contribution in [3.63, 3.8) is 0 Å². The number of carbonyl (C=O) groups is 2. The third kappa shape index (κ3) is 9.18. The van der Waals surface area contributed by atoms with Crippen LogP contribution in [-0.4, -0.2) is 53.2 Å². The van der Waals surface area contributed by atoms with Crippen LogP contribution in [0.1, 0.15) is 40.7 Å². The molecule has 0 aliphatic rings. The maximum absolute atomic E-state index is 12.7. The minimum atomic E-state index is -0.388. The van der Waals surface area contributed by atoms with Crippen LogP contribution in [0.4, 0.5) is 0 Å². The van der Waals surface area contributed by atoms with Crippen molar-refractivity contribution < 1.29 is 24.9 Å². The highest BCUT2D eigenvalue weighted by molar-refractivity contribution is 6.09. The molecule has 0 radical (unpaired) electrons. The molecule has 2 aromatic rings. The molecule has 176 valence electrons. The zero-order chi connectivity index (χ0) is 24.1. The first-order valence-corrected chi connectivity index (χ1v) is 10.8. The van der Waals surface area contributed by atoms with Crippen LogP contribution in [0.3, 0.4) is 0 Å². The van der Waals surface area contributed by atoms with Gasteiger partial charge in [0.2, 0.25) is 5.91 Å². The van der Waals surface area contributed by atoms with Gasteiger partial charge in [-0.1, -0.05) is 18.2 Å². The number of allylic oxidation sites excluding steroid dienone is 1. The average Bonchev–Trinajstić information content (AvgIpc) is 2.80. The van der Waals surface area contributed by atoms with Crippen LogP contribution in [0, 0.1) is 0 Å². The number of carbonyl (C=O) groups excluding carboxylic acids is 2. The van der Waals surface area contributed by atoms with E-state index in [4.69, 9.17) is 5.73 Å². The number of hydrogen-bond acceptors (Lipinski definition) is 7. The molecular formula is C25H31N3O5. The van der Waals surface area contributed by atoms with E-state index in [1.165, 1.54) is 48.6 Å². The first-order chi connectivity index (χ1) is 15.9. The summed E-state index contributed by atoms with van der Waals surface area (Å²) in [5, 5.41) is 34.8. The predicted molar refractivity (Wildman–Crippen MR) is 129 cm³/mol. The number of nitrogens with one attached hydrogen (secondary N) is 2. The summed E-state index contributed by atoms with van der Waals surface area (Å²) in [6.07, 6.45) is 8.38. The standard InChI is InChI=1S/C25H31N3O5/c26-12-3-14-27-13-1-2-15-28-25(33)11-7-19-6-8-20(29)17-21(19)22(30)9-4-18-5-10-23(31)24(32)16-18/h4-11,16-17,27,29,31-32H,1-3,12-15,26H2,(H,28,33)/b9-4+,11-7+. The molecule has 0 aliphatic carbocycles. The highest BCUT2D eigenvalue weighted by Gasteiger charge is 2.09. The fraction of sp³-hybridized carbons (Fsp3) is 0.280. The lowest BCUT2D eigenvalue weighted by Gasteiger charge is -2.05. The van der Waals surface area contributed by atoms with Crippen molar-refractivity contribution in [2.75, 3.05) is 26.2 Å². The molecule has 1 amide bonds. The van der Waals surface area contributed by atoms with Gasteiger partial charge in [0.25, 0.3) is 0 Å². The van der Waals surface area contributed by atoms with Crippen molar-refractivity contribution in [2.45, 2.75) is 19.3 Å². The summed E-state index contributed by atoms with van der Waals surface area (Å²) >= 11 is 0. The minimum absolute atomic E-state index is 0.0734. The Morgan fingerprint density at radius 1 is 0.848 bits per heavy atom.